The number of rotatable bonds is 2. The maximum atomic E-state index is 6.34. The van der Waals surface area contributed by atoms with Crippen molar-refractivity contribution >= 4 is 33.5 Å². The molecule has 0 radical (unpaired) electrons. The Labute approximate surface area is 185 Å². The van der Waals surface area contributed by atoms with E-state index in [2.05, 4.69) is 83.6 Å². The molecule has 31 heavy (non-hydrogen) atoms. The van der Waals surface area contributed by atoms with Gasteiger partial charge in [0.05, 0.1) is 0 Å². The van der Waals surface area contributed by atoms with Crippen molar-refractivity contribution in [2.24, 2.45) is 0 Å². The molecule has 1 aliphatic carbocycles. The second kappa shape index (κ2) is 7.21. The van der Waals surface area contributed by atoms with Gasteiger partial charge in [-0.15, -0.1) is 0 Å². The number of halogens is 1. The lowest BCUT2D eigenvalue weighted by atomic mass is 9.89. The molecular weight excluding hydrogens is 404 g/mol. The van der Waals surface area contributed by atoms with Crippen LogP contribution in [0.1, 0.15) is 37.0 Å². The monoisotopic (exact) mass is 424 g/mol. The second-order valence-electron chi connectivity index (χ2n) is 8.36. The first-order valence-electron chi connectivity index (χ1n) is 10.8. The zero-order valence-electron chi connectivity index (χ0n) is 17.2. The minimum atomic E-state index is 0.266. The summed E-state index contributed by atoms with van der Waals surface area (Å²) in [4.78, 5) is 9.08. The molecule has 0 N–H and O–H groups in total. The van der Waals surface area contributed by atoms with Gasteiger partial charge in [-0.1, -0.05) is 73.7 Å². The SMILES string of the molecule is CC1CCCc2c1oc1c(-c3ccc(-c4cccc5ccccc45)cc3)nc(Cl)nc21. The highest BCUT2D eigenvalue weighted by molar-refractivity contribution is 6.28. The Balaban J connectivity index is 1.48. The molecule has 0 saturated carbocycles. The van der Waals surface area contributed by atoms with Crippen LogP contribution in [-0.4, -0.2) is 9.97 Å². The van der Waals surface area contributed by atoms with Gasteiger partial charge >= 0.3 is 0 Å². The van der Waals surface area contributed by atoms with Crippen LogP contribution in [-0.2, 0) is 6.42 Å². The van der Waals surface area contributed by atoms with Gasteiger partial charge in [0.1, 0.15) is 17.0 Å². The van der Waals surface area contributed by atoms with Crippen molar-refractivity contribution in [3.63, 3.8) is 0 Å². The van der Waals surface area contributed by atoms with Gasteiger partial charge < -0.3 is 4.42 Å². The lowest BCUT2D eigenvalue weighted by Crippen LogP contribution is -2.04. The Kier molecular flexibility index (Phi) is 4.32. The number of hydrogen-bond acceptors (Lipinski definition) is 3. The molecule has 3 nitrogen and oxygen atoms in total. The average molecular weight is 425 g/mol. The van der Waals surface area contributed by atoms with Crippen molar-refractivity contribution in [1.82, 2.24) is 9.97 Å². The Bertz CT molecular complexity index is 1430. The van der Waals surface area contributed by atoms with E-state index in [-0.39, 0.29) is 5.28 Å². The molecule has 2 heterocycles. The fourth-order valence-corrected chi connectivity index (χ4v) is 5.02. The fourth-order valence-electron chi connectivity index (χ4n) is 4.85. The number of hydrogen-bond donors (Lipinski definition) is 0. The van der Waals surface area contributed by atoms with E-state index in [1.165, 1.54) is 27.5 Å². The van der Waals surface area contributed by atoms with E-state index in [9.17, 15) is 0 Å². The first-order valence-corrected chi connectivity index (χ1v) is 11.1. The van der Waals surface area contributed by atoms with E-state index >= 15 is 0 Å². The molecule has 3 aromatic carbocycles. The van der Waals surface area contributed by atoms with Crippen molar-refractivity contribution in [2.75, 3.05) is 0 Å². The summed E-state index contributed by atoms with van der Waals surface area (Å²) in [5.74, 6) is 1.45. The molecule has 0 bridgehead atoms. The number of furan rings is 1. The van der Waals surface area contributed by atoms with Gasteiger partial charge in [-0.2, -0.15) is 0 Å². The highest BCUT2D eigenvalue weighted by atomic mass is 35.5. The summed E-state index contributed by atoms with van der Waals surface area (Å²) in [5.41, 5.74) is 6.96. The third-order valence-corrected chi connectivity index (χ3v) is 6.57. The summed E-state index contributed by atoms with van der Waals surface area (Å²) in [6.07, 6.45) is 3.28. The van der Waals surface area contributed by atoms with Gasteiger partial charge in [0.2, 0.25) is 5.28 Å². The molecule has 4 heteroatoms. The number of fused-ring (bicyclic) bond motifs is 4. The van der Waals surface area contributed by atoms with E-state index in [0.29, 0.717) is 5.92 Å². The molecule has 1 unspecified atom stereocenters. The van der Waals surface area contributed by atoms with Gasteiger partial charge in [-0.25, -0.2) is 9.97 Å². The van der Waals surface area contributed by atoms with Gasteiger partial charge in [0.15, 0.2) is 5.58 Å². The molecule has 0 spiro atoms. The van der Waals surface area contributed by atoms with E-state index in [0.717, 1.165) is 47.4 Å². The van der Waals surface area contributed by atoms with Crippen LogP contribution in [0.5, 0.6) is 0 Å². The molecule has 0 amide bonds. The molecule has 0 aliphatic heterocycles. The normalized spacial score (nSPS) is 16.0. The molecule has 5 aromatic rings. The van der Waals surface area contributed by atoms with E-state index in [1.54, 1.807) is 0 Å². The molecule has 0 saturated heterocycles. The van der Waals surface area contributed by atoms with Crippen LogP contribution < -0.4 is 0 Å². The molecular formula is C27H21ClN2O. The van der Waals surface area contributed by atoms with E-state index in [1.807, 2.05) is 0 Å². The second-order valence-corrected chi connectivity index (χ2v) is 8.70. The zero-order chi connectivity index (χ0) is 20.9. The Hall–Kier alpha value is -3.17. The van der Waals surface area contributed by atoms with E-state index in [4.69, 9.17) is 16.0 Å². The van der Waals surface area contributed by atoms with Crippen LogP contribution in [0.25, 0.3) is 44.3 Å². The van der Waals surface area contributed by atoms with Gasteiger partial charge in [0.25, 0.3) is 0 Å². The molecule has 152 valence electrons. The first kappa shape index (κ1) is 18.6. The standard InChI is InChI=1S/C27H21ClN2O/c1-16-6-4-11-22-24-26(31-25(16)22)23(29-27(28)30-24)19-14-12-18(13-15-19)21-10-5-8-17-7-2-3-9-20(17)21/h2-3,5,7-10,12-16H,4,6,11H2,1H3. The van der Waals surface area contributed by atoms with Gasteiger partial charge in [-0.3, -0.25) is 0 Å². The minimum absolute atomic E-state index is 0.266. The van der Waals surface area contributed by atoms with Gasteiger partial charge in [-0.05, 0) is 52.8 Å². The molecule has 0 fully saturated rings. The number of benzene rings is 3. The lowest BCUT2D eigenvalue weighted by molar-refractivity contribution is 0.453. The fraction of sp³-hybridized carbons (Fsp3) is 0.185. The summed E-state index contributed by atoms with van der Waals surface area (Å²) in [7, 11) is 0. The number of aromatic nitrogens is 2. The summed E-state index contributed by atoms with van der Waals surface area (Å²) >= 11 is 6.34. The Morgan fingerprint density at radius 2 is 1.68 bits per heavy atom. The molecule has 1 atom stereocenters. The van der Waals surface area contributed by atoms with Crippen molar-refractivity contribution < 1.29 is 4.42 Å². The Morgan fingerprint density at radius 1 is 0.903 bits per heavy atom. The largest absolute Gasteiger partial charge is 0.456 e. The van der Waals surface area contributed by atoms with Crippen LogP contribution in [0.4, 0.5) is 0 Å². The number of aryl methyl sites for hydroxylation is 1. The predicted octanol–water partition coefficient (Wildman–Crippen LogP) is 7.80. The maximum absolute atomic E-state index is 6.34. The van der Waals surface area contributed by atoms with Crippen molar-refractivity contribution in [3.8, 4) is 22.4 Å². The van der Waals surface area contributed by atoms with Crippen molar-refractivity contribution in [3.05, 3.63) is 83.3 Å². The van der Waals surface area contributed by atoms with Crippen molar-refractivity contribution in [2.45, 2.75) is 32.1 Å². The zero-order valence-corrected chi connectivity index (χ0v) is 18.0. The summed E-state index contributed by atoms with van der Waals surface area (Å²) in [6, 6.07) is 23.4. The van der Waals surface area contributed by atoms with Crippen LogP contribution >= 0.6 is 11.6 Å². The predicted molar refractivity (Wildman–Crippen MR) is 127 cm³/mol. The third kappa shape index (κ3) is 3.03. The van der Waals surface area contributed by atoms with Crippen LogP contribution in [0, 0.1) is 0 Å². The minimum Gasteiger partial charge on any atom is -0.456 e. The lowest BCUT2D eigenvalue weighted by Gasteiger charge is -2.15. The first-order chi connectivity index (χ1) is 15.2. The number of nitrogens with zero attached hydrogens (tertiary/aromatic N) is 2. The highest BCUT2D eigenvalue weighted by Gasteiger charge is 2.27. The molecule has 6 rings (SSSR count). The highest BCUT2D eigenvalue weighted by Crippen LogP contribution is 2.41. The smallest absolute Gasteiger partial charge is 0.223 e. The van der Waals surface area contributed by atoms with Crippen LogP contribution in [0.2, 0.25) is 5.28 Å². The summed E-state index contributed by atoms with van der Waals surface area (Å²) < 4.78 is 6.33. The molecule has 1 aliphatic rings. The average Bonchev–Trinajstić information content (AvgIpc) is 3.18. The Morgan fingerprint density at radius 3 is 2.55 bits per heavy atom. The topological polar surface area (TPSA) is 38.9 Å². The van der Waals surface area contributed by atoms with Gasteiger partial charge in [0, 0.05) is 17.0 Å². The van der Waals surface area contributed by atoms with Crippen molar-refractivity contribution in [1.29, 1.82) is 0 Å². The van der Waals surface area contributed by atoms with E-state index < -0.39 is 0 Å². The molecule has 2 aromatic heterocycles. The van der Waals surface area contributed by atoms with Crippen LogP contribution in [0.3, 0.4) is 0 Å². The maximum Gasteiger partial charge on any atom is 0.223 e. The van der Waals surface area contributed by atoms with Crippen LogP contribution in [0.15, 0.2) is 71.1 Å². The quantitative estimate of drug-likeness (QED) is 0.271. The summed E-state index contributed by atoms with van der Waals surface area (Å²) in [6.45, 7) is 2.22. The summed E-state index contributed by atoms with van der Waals surface area (Å²) in [5, 5.41) is 2.75. The third-order valence-electron chi connectivity index (χ3n) is 6.40.